The highest BCUT2D eigenvalue weighted by molar-refractivity contribution is 6.31. The molecular formula is C8H9ClN4O. The molecule has 74 valence electrons. The van der Waals surface area contributed by atoms with E-state index in [-0.39, 0.29) is 28.2 Å². The molecule has 1 saturated carbocycles. The van der Waals surface area contributed by atoms with E-state index in [0.29, 0.717) is 0 Å². The minimum atomic E-state index is 0.0574. The first-order valence-electron chi connectivity index (χ1n) is 4.09. The van der Waals surface area contributed by atoms with Crippen LogP contribution in [0.3, 0.4) is 0 Å². The fourth-order valence-corrected chi connectivity index (χ4v) is 1.21. The summed E-state index contributed by atoms with van der Waals surface area (Å²) in [5.74, 6) is 0.252. The van der Waals surface area contributed by atoms with Gasteiger partial charge in [0.05, 0.1) is 0 Å². The Morgan fingerprint density at radius 3 is 2.43 bits per heavy atom. The van der Waals surface area contributed by atoms with Crippen LogP contribution in [-0.2, 0) is 0 Å². The van der Waals surface area contributed by atoms with Gasteiger partial charge in [-0.1, -0.05) is 11.6 Å². The maximum atomic E-state index is 9.65. The monoisotopic (exact) mass is 212 g/mol. The number of aliphatic hydroxyl groups is 1. The molecule has 1 fully saturated rings. The number of hydrogen-bond donors (Lipinski definition) is 3. The Balaban J connectivity index is 2.53. The van der Waals surface area contributed by atoms with Crippen LogP contribution in [-0.4, -0.2) is 15.1 Å². The van der Waals surface area contributed by atoms with E-state index in [1.807, 2.05) is 0 Å². The first-order chi connectivity index (χ1) is 6.59. The van der Waals surface area contributed by atoms with Gasteiger partial charge in [0.15, 0.2) is 16.8 Å². The van der Waals surface area contributed by atoms with Crippen LogP contribution in [0.5, 0.6) is 0 Å². The SMILES string of the molecule is Nc1nc(N)c(C(O)=C2CC2)nc1Cl. The summed E-state index contributed by atoms with van der Waals surface area (Å²) in [4.78, 5) is 7.65. The molecule has 0 bridgehead atoms. The van der Waals surface area contributed by atoms with Crippen molar-refractivity contribution in [1.82, 2.24) is 9.97 Å². The Kier molecular flexibility index (Phi) is 1.96. The van der Waals surface area contributed by atoms with E-state index in [0.717, 1.165) is 18.4 Å². The van der Waals surface area contributed by atoms with Crippen LogP contribution in [0.15, 0.2) is 5.57 Å². The topological polar surface area (TPSA) is 98.0 Å². The molecule has 0 spiro atoms. The quantitative estimate of drug-likeness (QED) is 0.611. The zero-order valence-corrected chi connectivity index (χ0v) is 8.04. The molecule has 1 aliphatic rings. The highest BCUT2D eigenvalue weighted by Gasteiger charge is 2.22. The van der Waals surface area contributed by atoms with Crippen LogP contribution in [0.2, 0.25) is 5.15 Å². The molecule has 1 aliphatic carbocycles. The van der Waals surface area contributed by atoms with Gasteiger partial charge < -0.3 is 16.6 Å². The van der Waals surface area contributed by atoms with E-state index < -0.39 is 0 Å². The van der Waals surface area contributed by atoms with Crippen LogP contribution in [0.25, 0.3) is 5.76 Å². The van der Waals surface area contributed by atoms with Crippen LogP contribution in [0.4, 0.5) is 11.6 Å². The van der Waals surface area contributed by atoms with Gasteiger partial charge in [0.1, 0.15) is 11.5 Å². The van der Waals surface area contributed by atoms with Crippen molar-refractivity contribution in [2.45, 2.75) is 12.8 Å². The maximum Gasteiger partial charge on any atom is 0.172 e. The summed E-state index contributed by atoms with van der Waals surface area (Å²) in [6.07, 6.45) is 1.74. The lowest BCUT2D eigenvalue weighted by Gasteiger charge is -2.04. The summed E-state index contributed by atoms with van der Waals surface area (Å²) >= 11 is 5.67. The van der Waals surface area contributed by atoms with Crippen molar-refractivity contribution in [2.24, 2.45) is 0 Å². The van der Waals surface area contributed by atoms with Gasteiger partial charge in [0, 0.05) is 0 Å². The lowest BCUT2D eigenvalue weighted by molar-refractivity contribution is 0.506. The molecule has 6 heteroatoms. The number of aromatic nitrogens is 2. The molecule has 0 atom stereocenters. The number of anilines is 2. The lowest BCUT2D eigenvalue weighted by Crippen LogP contribution is -2.04. The number of hydrogen-bond acceptors (Lipinski definition) is 5. The second-order valence-electron chi connectivity index (χ2n) is 3.09. The Morgan fingerprint density at radius 2 is 1.86 bits per heavy atom. The van der Waals surface area contributed by atoms with Gasteiger partial charge in [-0.3, -0.25) is 0 Å². The lowest BCUT2D eigenvalue weighted by atomic mass is 10.3. The highest BCUT2D eigenvalue weighted by atomic mass is 35.5. The molecular weight excluding hydrogens is 204 g/mol. The first-order valence-corrected chi connectivity index (χ1v) is 4.47. The Morgan fingerprint density at radius 1 is 1.21 bits per heavy atom. The molecule has 5 nitrogen and oxygen atoms in total. The van der Waals surface area contributed by atoms with Crippen LogP contribution in [0.1, 0.15) is 18.5 Å². The molecule has 1 aromatic heterocycles. The van der Waals surface area contributed by atoms with Crippen molar-refractivity contribution in [3.05, 3.63) is 16.4 Å². The highest BCUT2D eigenvalue weighted by Crippen LogP contribution is 2.36. The molecule has 1 heterocycles. The van der Waals surface area contributed by atoms with E-state index in [2.05, 4.69) is 9.97 Å². The van der Waals surface area contributed by atoms with Crippen molar-refractivity contribution in [2.75, 3.05) is 11.5 Å². The molecule has 0 amide bonds. The average Bonchev–Trinajstić information content (AvgIpc) is 2.93. The number of allylic oxidation sites excluding steroid dienone is 1. The Hall–Kier alpha value is -1.49. The predicted octanol–water partition coefficient (Wildman–Crippen LogP) is 1.36. The van der Waals surface area contributed by atoms with E-state index in [9.17, 15) is 5.11 Å². The van der Waals surface area contributed by atoms with Gasteiger partial charge in [0.2, 0.25) is 0 Å². The number of aliphatic hydroxyl groups excluding tert-OH is 1. The molecule has 0 saturated heterocycles. The van der Waals surface area contributed by atoms with Gasteiger partial charge in [0.25, 0.3) is 0 Å². The molecule has 5 N–H and O–H groups in total. The van der Waals surface area contributed by atoms with E-state index >= 15 is 0 Å². The van der Waals surface area contributed by atoms with Crippen molar-refractivity contribution >= 4 is 29.0 Å². The van der Waals surface area contributed by atoms with E-state index in [1.54, 1.807) is 0 Å². The van der Waals surface area contributed by atoms with Crippen molar-refractivity contribution in [3.8, 4) is 0 Å². The molecule has 2 rings (SSSR count). The third-order valence-electron chi connectivity index (χ3n) is 1.96. The number of nitrogens with two attached hydrogens (primary N) is 2. The van der Waals surface area contributed by atoms with Gasteiger partial charge in [-0.05, 0) is 18.4 Å². The van der Waals surface area contributed by atoms with Crippen molar-refractivity contribution in [3.63, 3.8) is 0 Å². The number of rotatable bonds is 1. The standard InChI is InChI=1S/C8H9ClN4O/c9-6-8(11)13-7(10)4(12-6)5(14)3-1-2-3/h14H,1-2H2,(H4,10,11,13). The third-order valence-corrected chi connectivity index (χ3v) is 2.24. The molecule has 0 unspecified atom stereocenters. The zero-order valence-electron chi connectivity index (χ0n) is 7.29. The predicted molar refractivity (Wildman–Crippen MR) is 54.6 cm³/mol. The van der Waals surface area contributed by atoms with Crippen LogP contribution in [0, 0.1) is 0 Å². The normalized spacial score (nSPS) is 14.2. The fourth-order valence-electron chi connectivity index (χ4n) is 1.08. The number of nitrogen functional groups attached to an aromatic ring is 2. The van der Waals surface area contributed by atoms with Gasteiger partial charge in [-0.15, -0.1) is 0 Å². The maximum absolute atomic E-state index is 9.65. The first kappa shape index (κ1) is 9.08. The second-order valence-corrected chi connectivity index (χ2v) is 3.44. The summed E-state index contributed by atoms with van der Waals surface area (Å²) in [7, 11) is 0. The molecule has 0 radical (unpaired) electrons. The van der Waals surface area contributed by atoms with E-state index in [4.69, 9.17) is 23.1 Å². The second kappa shape index (κ2) is 3.02. The van der Waals surface area contributed by atoms with Crippen molar-refractivity contribution < 1.29 is 5.11 Å². The Bertz CT molecular complexity index is 424. The molecule has 1 aromatic rings. The van der Waals surface area contributed by atoms with Crippen LogP contribution < -0.4 is 11.5 Å². The number of halogens is 1. The minimum absolute atomic E-state index is 0.0574. The largest absolute Gasteiger partial charge is 0.506 e. The average molecular weight is 213 g/mol. The minimum Gasteiger partial charge on any atom is -0.506 e. The van der Waals surface area contributed by atoms with Gasteiger partial charge in [-0.2, -0.15) is 0 Å². The van der Waals surface area contributed by atoms with Crippen molar-refractivity contribution in [1.29, 1.82) is 0 Å². The molecule has 0 aliphatic heterocycles. The fraction of sp³-hybridized carbons (Fsp3) is 0.250. The summed E-state index contributed by atoms with van der Waals surface area (Å²) < 4.78 is 0. The third kappa shape index (κ3) is 1.46. The Labute approximate surface area is 85.4 Å². The van der Waals surface area contributed by atoms with Crippen LogP contribution >= 0.6 is 11.6 Å². The summed E-state index contributed by atoms with van der Waals surface area (Å²) in [6, 6.07) is 0. The molecule has 0 aromatic carbocycles. The summed E-state index contributed by atoms with van der Waals surface area (Å²) in [5.41, 5.74) is 12.1. The summed E-state index contributed by atoms with van der Waals surface area (Å²) in [5, 5.41) is 9.71. The summed E-state index contributed by atoms with van der Waals surface area (Å²) in [6.45, 7) is 0. The van der Waals surface area contributed by atoms with Gasteiger partial charge in [-0.25, -0.2) is 9.97 Å². The zero-order chi connectivity index (χ0) is 10.3. The number of nitrogens with zero attached hydrogens (tertiary/aromatic N) is 2. The van der Waals surface area contributed by atoms with E-state index in [1.165, 1.54) is 0 Å². The molecule has 14 heavy (non-hydrogen) atoms. The smallest absolute Gasteiger partial charge is 0.172 e. The van der Waals surface area contributed by atoms with Gasteiger partial charge >= 0.3 is 0 Å².